The van der Waals surface area contributed by atoms with Gasteiger partial charge in [0, 0.05) is 20.1 Å². The van der Waals surface area contributed by atoms with Gasteiger partial charge in [-0.05, 0) is 5.92 Å². The molecule has 5 heteroatoms. The van der Waals surface area contributed by atoms with Gasteiger partial charge in [0.2, 0.25) is 5.91 Å². The summed E-state index contributed by atoms with van der Waals surface area (Å²) in [6.45, 7) is 2.36. The van der Waals surface area contributed by atoms with Crippen LogP contribution < -0.4 is 5.32 Å². The number of carbonyl (C=O) groups is 2. The monoisotopic (exact) mass is 203 g/mol. The van der Waals surface area contributed by atoms with Crippen LogP contribution in [0.15, 0.2) is 0 Å². The van der Waals surface area contributed by atoms with E-state index in [9.17, 15) is 9.59 Å². The van der Waals surface area contributed by atoms with Crippen LogP contribution in [0.3, 0.4) is 0 Å². The molecule has 0 rings (SSSR count). The van der Waals surface area contributed by atoms with Crippen molar-refractivity contribution in [2.75, 3.05) is 27.4 Å². The van der Waals surface area contributed by atoms with Crippen LogP contribution in [-0.2, 0) is 19.1 Å². The van der Waals surface area contributed by atoms with Crippen molar-refractivity contribution in [1.82, 2.24) is 5.32 Å². The topological polar surface area (TPSA) is 64.6 Å². The fraction of sp³-hybridized carbons (Fsp3) is 0.778. The molecule has 1 atom stereocenters. The molecule has 1 N–H and O–H groups in total. The molecule has 0 spiro atoms. The lowest BCUT2D eigenvalue weighted by atomic mass is 10.1. The van der Waals surface area contributed by atoms with Gasteiger partial charge in [0.05, 0.1) is 7.11 Å². The van der Waals surface area contributed by atoms with Gasteiger partial charge in [-0.2, -0.15) is 0 Å². The molecule has 0 saturated carbocycles. The van der Waals surface area contributed by atoms with Crippen molar-refractivity contribution in [3.8, 4) is 0 Å². The lowest BCUT2D eigenvalue weighted by Crippen LogP contribution is -2.31. The van der Waals surface area contributed by atoms with Crippen LogP contribution in [0.25, 0.3) is 0 Å². The van der Waals surface area contributed by atoms with Gasteiger partial charge in [-0.15, -0.1) is 0 Å². The summed E-state index contributed by atoms with van der Waals surface area (Å²) in [4.78, 5) is 21.8. The number of carbonyl (C=O) groups excluding carboxylic acids is 2. The summed E-state index contributed by atoms with van der Waals surface area (Å²) in [5.74, 6) is -0.463. The van der Waals surface area contributed by atoms with Gasteiger partial charge in [-0.25, -0.2) is 0 Å². The number of hydrogen-bond acceptors (Lipinski definition) is 4. The second kappa shape index (κ2) is 7.32. The average molecular weight is 203 g/mol. The molecule has 0 aliphatic heterocycles. The maximum atomic E-state index is 11.2. The third-order valence-electron chi connectivity index (χ3n) is 1.64. The highest BCUT2D eigenvalue weighted by molar-refractivity contribution is 5.81. The largest absolute Gasteiger partial charge is 0.468 e. The van der Waals surface area contributed by atoms with Crippen molar-refractivity contribution in [2.45, 2.75) is 13.3 Å². The van der Waals surface area contributed by atoms with E-state index in [1.54, 1.807) is 7.11 Å². The second-order valence-electron chi connectivity index (χ2n) is 3.12. The van der Waals surface area contributed by atoms with E-state index in [-0.39, 0.29) is 18.4 Å². The van der Waals surface area contributed by atoms with Gasteiger partial charge in [0.15, 0.2) is 0 Å². The van der Waals surface area contributed by atoms with Crippen LogP contribution in [0.4, 0.5) is 0 Å². The summed E-state index contributed by atoms with van der Waals surface area (Å²) in [5, 5.41) is 2.45. The molecule has 0 aliphatic rings. The van der Waals surface area contributed by atoms with E-state index in [2.05, 4.69) is 10.1 Å². The molecule has 0 aromatic heterocycles. The predicted molar refractivity (Wildman–Crippen MR) is 50.7 cm³/mol. The van der Waals surface area contributed by atoms with Gasteiger partial charge in [0.1, 0.15) is 6.54 Å². The van der Waals surface area contributed by atoms with E-state index in [1.807, 2.05) is 6.92 Å². The van der Waals surface area contributed by atoms with E-state index in [1.165, 1.54) is 7.11 Å². The van der Waals surface area contributed by atoms with Crippen LogP contribution >= 0.6 is 0 Å². The number of methoxy groups -OCH3 is 2. The Morgan fingerprint density at radius 2 is 2.00 bits per heavy atom. The van der Waals surface area contributed by atoms with E-state index >= 15 is 0 Å². The first-order valence-corrected chi connectivity index (χ1v) is 4.42. The Balaban J connectivity index is 3.59. The summed E-state index contributed by atoms with van der Waals surface area (Å²) in [6, 6.07) is 0. The summed E-state index contributed by atoms with van der Waals surface area (Å²) in [5.41, 5.74) is 0. The number of esters is 1. The number of ether oxygens (including phenoxy) is 2. The Morgan fingerprint density at radius 1 is 1.36 bits per heavy atom. The van der Waals surface area contributed by atoms with E-state index in [0.29, 0.717) is 13.0 Å². The highest BCUT2D eigenvalue weighted by Crippen LogP contribution is 2.00. The SMILES string of the molecule is COCC(C)CC(=O)NCC(=O)OC. The van der Waals surface area contributed by atoms with Crippen molar-refractivity contribution in [3.05, 3.63) is 0 Å². The zero-order chi connectivity index (χ0) is 11.0. The van der Waals surface area contributed by atoms with Gasteiger partial charge in [0.25, 0.3) is 0 Å². The Bertz CT molecular complexity index is 193. The molecule has 82 valence electrons. The standard InChI is InChI=1S/C9H17NO4/c1-7(6-13-2)4-8(11)10-5-9(12)14-3/h7H,4-6H2,1-3H3,(H,10,11). The first-order valence-electron chi connectivity index (χ1n) is 4.42. The minimum absolute atomic E-state index is 0.0744. The third-order valence-corrected chi connectivity index (χ3v) is 1.64. The molecule has 0 aromatic carbocycles. The van der Waals surface area contributed by atoms with E-state index in [0.717, 1.165) is 0 Å². The first kappa shape index (κ1) is 12.9. The fourth-order valence-electron chi connectivity index (χ4n) is 0.975. The molecule has 0 bridgehead atoms. The normalized spacial score (nSPS) is 11.9. The molecule has 0 fully saturated rings. The lowest BCUT2D eigenvalue weighted by molar-refractivity contribution is -0.141. The Labute approximate surface area is 83.8 Å². The molecule has 14 heavy (non-hydrogen) atoms. The summed E-state index contributed by atoms with van der Waals surface area (Å²) >= 11 is 0. The highest BCUT2D eigenvalue weighted by Gasteiger charge is 2.09. The quantitative estimate of drug-likeness (QED) is 0.615. The third kappa shape index (κ3) is 6.42. The fourth-order valence-corrected chi connectivity index (χ4v) is 0.975. The van der Waals surface area contributed by atoms with Gasteiger partial charge in [-0.1, -0.05) is 6.92 Å². The van der Waals surface area contributed by atoms with Crippen LogP contribution in [0.1, 0.15) is 13.3 Å². The van der Waals surface area contributed by atoms with E-state index < -0.39 is 5.97 Å². The van der Waals surface area contributed by atoms with Crippen LogP contribution in [0.5, 0.6) is 0 Å². The van der Waals surface area contributed by atoms with Gasteiger partial charge in [-0.3, -0.25) is 9.59 Å². The minimum atomic E-state index is -0.447. The molecule has 0 heterocycles. The lowest BCUT2D eigenvalue weighted by Gasteiger charge is -2.09. The van der Waals surface area contributed by atoms with Gasteiger partial charge < -0.3 is 14.8 Å². The molecule has 5 nitrogen and oxygen atoms in total. The number of amides is 1. The zero-order valence-corrected chi connectivity index (χ0v) is 8.83. The Morgan fingerprint density at radius 3 is 2.50 bits per heavy atom. The molecule has 0 aromatic rings. The number of hydrogen-bond donors (Lipinski definition) is 1. The molecule has 0 saturated heterocycles. The Hall–Kier alpha value is -1.10. The number of rotatable bonds is 6. The molecule has 0 radical (unpaired) electrons. The van der Waals surface area contributed by atoms with Crippen molar-refractivity contribution in [1.29, 1.82) is 0 Å². The highest BCUT2D eigenvalue weighted by atomic mass is 16.5. The Kier molecular flexibility index (Phi) is 6.74. The van der Waals surface area contributed by atoms with Crippen LogP contribution in [0.2, 0.25) is 0 Å². The van der Waals surface area contributed by atoms with Crippen molar-refractivity contribution >= 4 is 11.9 Å². The molecular formula is C9H17NO4. The van der Waals surface area contributed by atoms with Gasteiger partial charge >= 0.3 is 5.97 Å². The molecule has 1 amide bonds. The predicted octanol–water partition coefficient (Wildman–Crippen LogP) is -0.0518. The molecule has 1 unspecified atom stereocenters. The van der Waals surface area contributed by atoms with Crippen molar-refractivity contribution in [3.63, 3.8) is 0 Å². The smallest absolute Gasteiger partial charge is 0.325 e. The summed E-state index contributed by atoms with van der Waals surface area (Å²) in [6.07, 6.45) is 0.352. The summed E-state index contributed by atoms with van der Waals surface area (Å²) < 4.78 is 9.25. The molecular weight excluding hydrogens is 186 g/mol. The maximum Gasteiger partial charge on any atom is 0.325 e. The maximum absolute atomic E-state index is 11.2. The second-order valence-corrected chi connectivity index (χ2v) is 3.12. The zero-order valence-electron chi connectivity index (χ0n) is 8.83. The number of nitrogens with one attached hydrogen (secondary N) is 1. The van der Waals surface area contributed by atoms with Crippen LogP contribution in [0, 0.1) is 5.92 Å². The summed E-state index contributed by atoms with van der Waals surface area (Å²) in [7, 11) is 2.87. The van der Waals surface area contributed by atoms with E-state index in [4.69, 9.17) is 4.74 Å². The minimum Gasteiger partial charge on any atom is -0.468 e. The first-order chi connectivity index (χ1) is 6.60. The average Bonchev–Trinajstić information content (AvgIpc) is 2.14. The van der Waals surface area contributed by atoms with Crippen molar-refractivity contribution < 1.29 is 19.1 Å². The molecule has 0 aliphatic carbocycles. The van der Waals surface area contributed by atoms with Crippen LogP contribution in [-0.4, -0.2) is 39.2 Å². The van der Waals surface area contributed by atoms with Crippen molar-refractivity contribution in [2.24, 2.45) is 5.92 Å².